The molecule has 1 N–H and O–H groups in total. The van der Waals surface area contributed by atoms with Crippen LogP contribution in [-0.2, 0) is 0 Å². The third kappa shape index (κ3) is 3.17. The van der Waals surface area contributed by atoms with Gasteiger partial charge in [-0.05, 0) is 43.7 Å². The molecule has 2 aromatic carbocycles. The summed E-state index contributed by atoms with van der Waals surface area (Å²) in [5.74, 6) is 0.960. The highest BCUT2D eigenvalue weighted by Gasteiger charge is 2.14. The van der Waals surface area contributed by atoms with Crippen molar-refractivity contribution < 1.29 is 14.3 Å². The van der Waals surface area contributed by atoms with Crippen LogP contribution in [0.4, 0.5) is 5.69 Å². The lowest BCUT2D eigenvalue weighted by Gasteiger charge is -2.13. The van der Waals surface area contributed by atoms with Crippen LogP contribution in [0.1, 0.15) is 21.5 Å². The van der Waals surface area contributed by atoms with Crippen molar-refractivity contribution in [2.24, 2.45) is 0 Å². The highest BCUT2D eigenvalue weighted by Crippen LogP contribution is 2.30. The van der Waals surface area contributed by atoms with Crippen LogP contribution in [0.5, 0.6) is 11.5 Å². The molecule has 5 heteroatoms. The van der Waals surface area contributed by atoms with Crippen molar-refractivity contribution in [2.75, 3.05) is 19.5 Å². The predicted octanol–water partition coefficient (Wildman–Crippen LogP) is 4.23. The molecule has 116 valence electrons. The van der Waals surface area contributed by atoms with Gasteiger partial charge in [0.1, 0.15) is 11.5 Å². The second kappa shape index (κ2) is 6.71. The van der Waals surface area contributed by atoms with E-state index in [1.165, 1.54) is 0 Å². The van der Waals surface area contributed by atoms with Gasteiger partial charge < -0.3 is 14.8 Å². The van der Waals surface area contributed by atoms with E-state index in [1.54, 1.807) is 38.5 Å². The largest absolute Gasteiger partial charge is 0.496 e. The average Bonchev–Trinajstić information content (AvgIpc) is 2.52. The van der Waals surface area contributed by atoms with Gasteiger partial charge in [-0.3, -0.25) is 4.79 Å². The van der Waals surface area contributed by atoms with Crippen LogP contribution in [0.15, 0.2) is 30.3 Å². The van der Waals surface area contributed by atoms with E-state index in [2.05, 4.69) is 5.32 Å². The first-order valence-electron chi connectivity index (χ1n) is 6.77. The van der Waals surface area contributed by atoms with Crippen LogP contribution in [-0.4, -0.2) is 20.1 Å². The fourth-order valence-corrected chi connectivity index (χ4v) is 2.33. The fourth-order valence-electron chi connectivity index (χ4n) is 2.15. The summed E-state index contributed by atoms with van der Waals surface area (Å²) in [5, 5.41) is 3.46. The standard InChI is InChI=1S/C17H18ClNO3/c1-10-13(18)6-5-7-14(10)19-17(20)12-8-15(21-3)11(2)16(9-12)22-4/h5-9H,1-4H3,(H,19,20). The first kappa shape index (κ1) is 16.2. The molecule has 0 unspecified atom stereocenters. The Labute approximate surface area is 135 Å². The summed E-state index contributed by atoms with van der Waals surface area (Å²) in [7, 11) is 3.12. The van der Waals surface area contributed by atoms with E-state index < -0.39 is 0 Å². The zero-order valence-corrected chi connectivity index (χ0v) is 13.7. The van der Waals surface area contributed by atoms with E-state index in [-0.39, 0.29) is 5.91 Å². The second-order valence-corrected chi connectivity index (χ2v) is 5.28. The first-order valence-corrected chi connectivity index (χ1v) is 7.14. The third-order valence-electron chi connectivity index (χ3n) is 3.53. The quantitative estimate of drug-likeness (QED) is 0.917. The number of rotatable bonds is 4. The summed E-state index contributed by atoms with van der Waals surface area (Å²) in [6.45, 7) is 3.73. The number of carbonyl (C=O) groups excluding carboxylic acids is 1. The molecule has 0 aliphatic carbocycles. The van der Waals surface area contributed by atoms with E-state index in [9.17, 15) is 4.79 Å². The Morgan fingerprint density at radius 2 is 1.64 bits per heavy atom. The summed E-state index contributed by atoms with van der Waals surface area (Å²) in [5.41, 5.74) is 2.80. The lowest BCUT2D eigenvalue weighted by molar-refractivity contribution is 0.102. The van der Waals surface area contributed by atoms with Crippen LogP contribution in [0.25, 0.3) is 0 Å². The molecule has 0 spiro atoms. The molecule has 0 saturated heterocycles. The molecule has 4 nitrogen and oxygen atoms in total. The Hall–Kier alpha value is -2.20. The van der Waals surface area contributed by atoms with E-state index in [0.29, 0.717) is 27.8 Å². The predicted molar refractivity (Wildman–Crippen MR) is 88.4 cm³/mol. The van der Waals surface area contributed by atoms with Gasteiger partial charge in [0.05, 0.1) is 14.2 Å². The summed E-state index contributed by atoms with van der Waals surface area (Å²) < 4.78 is 10.6. The third-order valence-corrected chi connectivity index (χ3v) is 3.94. The average molecular weight is 320 g/mol. The molecule has 0 atom stereocenters. The zero-order chi connectivity index (χ0) is 16.3. The Morgan fingerprint density at radius 1 is 1.05 bits per heavy atom. The molecule has 0 aliphatic heterocycles. The van der Waals surface area contributed by atoms with E-state index in [4.69, 9.17) is 21.1 Å². The number of amides is 1. The Kier molecular flexibility index (Phi) is 4.93. The smallest absolute Gasteiger partial charge is 0.255 e. The molecule has 0 radical (unpaired) electrons. The van der Waals surface area contributed by atoms with Gasteiger partial charge in [-0.15, -0.1) is 0 Å². The zero-order valence-electron chi connectivity index (χ0n) is 13.0. The van der Waals surface area contributed by atoms with Crippen molar-refractivity contribution >= 4 is 23.2 Å². The molecule has 2 aromatic rings. The maximum atomic E-state index is 12.5. The SMILES string of the molecule is COc1cc(C(=O)Nc2cccc(Cl)c2C)cc(OC)c1C. The number of nitrogens with one attached hydrogen (secondary N) is 1. The summed E-state index contributed by atoms with van der Waals surface area (Å²) >= 11 is 6.07. The minimum atomic E-state index is -0.248. The molecule has 1 amide bonds. The number of anilines is 1. The van der Waals surface area contributed by atoms with Crippen LogP contribution in [0.2, 0.25) is 5.02 Å². The molecular formula is C17H18ClNO3. The summed E-state index contributed by atoms with van der Waals surface area (Å²) in [4.78, 5) is 12.5. The van der Waals surface area contributed by atoms with Crippen molar-refractivity contribution in [3.05, 3.63) is 52.0 Å². The van der Waals surface area contributed by atoms with E-state index >= 15 is 0 Å². The molecule has 22 heavy (non-hydrogen) atoms. The first-order chi connectivity index (χ1) is 10.5. The molecule has 0 saturated carbocycles. The number of ether oxygens (including phenoxy) is 2. The van der Waals surface area contributed by atoms with Gasteiger partial charge in [0.25, 0.3) is 5.91 Å². The van der Waals surface area contributed by atoms with Crippen molar-refractivity contribution in [2.45, 2.75) is 13.8 Å². The number of halogens is 1. The number of hydrogen-bond donors (Lipinski definition) is 1. The van der Waals surface area contributed by atoms with Gasteiger partial charge in [0, 0.05) is 21.8 Å². The number of carbonyl (C=O) groups is 1. The minimum Gasteiger partial charge on any atom is -0.496 e. The van der Waals surface area contributed by atoms with Gasteiger partial charge in [0.2, 0.25) is 0 Å². The van der Waals surface area contributed by atoms with Gasteiger partial charge in [-0.25, -0.2) is 0 Å². The minimum absolute atomic E-state index is 0.248. The van der Waals surface area contributed by atoms with Gasteiger partial charge in [-0.2, -0.15) is 0 Å². The van der Waals surface area contributed by atoms with Crippen molar-refractivity contribution in [1.29, 1.82) is 0 Å². The molecule has 2 rings (SSSR count). The normalized spacial score (nSPS) is 10.2. The maximum absolute atomic E-state index is 12.5. The van der Waals surface area contributed by atoms with Gasteiger partial charge >= 0.3 is 0 Å². The van der Waals surface area contributed by atoms with Crippen LogP contribution in [0.3, 0.4) is 0 Å². The Bertz CT molecular complexity index is 688. The van der Waals surface area contributed by atoms with Crippen molar-refractivity contribution in [3.8, 4) is 11.5 Å². The number of hydrogen-bond acceptors (Lipinski definition) is 3. The van der Waals surface area contributed by atoms with Crippen LogP contribution >= 0.6 is 11.6 Å². The topological polar surface area (TPSA) is 47.6 Å². The molecule has 0 aromatic heterocycles. The Morgan fingerprint density at radius 3 is 2.18 bits per heavy atom. The van der Waals surface area contributed by atoms with E-state index in [0.717, 1.165) is 11.1 Å². The van der Waals surface area contributed by atoms with Crippen LogP contribution in [0, 0.1) is 13.8 Å². The molecule has 0 aliphatic rings. The number of methoxy groups -OCH3 is 2. The van der Waals surface area contributed by atoms with Crippen LogP contribution < -0.4 is 14.8 Å². The molecule has 0 bridgehead atoms. The Balaban J connectivity index is 2.35. The van der Waals surface area contributed by atoms with Gasteiger partial charge in [0.15, 0.2) is 0 Å². The summed E-state index contributed by atoms with van der Waals surface area (Å²) in [6, 6.07) is 8.76. The molecular weight excluding hydrogens is 302 g/mol. The van der Waals surface area contributed by atoms with Gasteiger partial charge in [-0.1, -0.05) is 17.7 Å². The summed E-state index contributed by atoms with van der Waals surface area (Å²) in [6.07, 6.45) is 0. The van der Waals surface area contributed by atoms with E-state index in [1.807, 2.05) is 19.9 Å². The highest BCUT2D eigenvalue weighted by atomic mass is 35.5. The van der Waals surface area contributed by atoms with Crippen molar-refractivity contribution in [1.82, 2.24) is 0 Å². The fraction of sp³-hybridized carbons (Fsp3) is 0.235. The lowest BCUT2D eigenvalue weighted by Crippen LogP contribution is -2.13. The molecule has 0 fully saturated rings. The highest BCUT2D eigenvalue weighted by molar-refractivity contribution is 6.31. The lowest BCUT2D eigenvalue weighted by atomic mass is 10.1. The van der Waals surface area contributed by atoms with Crippen molar-refractivity contribution in [3.63, 3.8) is 0 Å². The monoisotopic (exact) mass is 319 g/mol. The molecule has 0 heterocycles. The maximum Gasteiger partial charge on any atom is 0.255 e. The number of benzene rings is 2. The second-order valence-electron chi connectivity index (χ2n) is 4.87.